The number of aromatic nitrogens is 1. The SMILES string of the molecule is COc1c(NCCO)c(F)cc2c(=O)ccn(C3CC3)c12. The van der Waals surface area contributed by atoms with Crippen molar-refractivity contribution in [2.24, 2.45) is 0 Å². The van der Waals surface area contributed by atoms with Gasteiger partial charge in [-0.15, -0.1) is 0 Å². The summed E-state index contributed by atoms with van der Waals surface area (Å²) in [6.07, 6.45) is 3.81. The third-order valence-corrected chi connectivity index (χ3v) is 3.68. The molecule has 0 atom stereocenters. The van der Waals surface area contributed by atoms with Gasteiger partial charge in [0.1, 0.15) is 5.69 Å². The molecule has 0 bridgehead atoms. The predicted octanol–water partition coefficient (Wildman–Crippen LogP) is 1.89. The zero-order valence-electron chi connectivity index (χ0n) is 11.7. The zero-order valence-corrected chi connectivity index (χ0v) is 11.7. The van der Waals surface area contributed by atoms with Crippen LogP contribution in [0.4, 0.5) is 10.1 Å². The van der Waals surface area contributed by atoms with Crippen LogP contribution in [0.3, 0.4) is 0 Å². The minimum Gasteiger partial charge on any atom is -0.492 e. The molecule has 1 saturated carbocycles. The largest absolute Gasteiger partial charge is 0.492 e. The highest BCUT2D eigenvalue weighted by Gasteiger charge is 2.27. The minimum absolute atomic E-state index is 0.120. The van der Waals surface area contributed by atoms with E-state index in [1.54, 1.807) is 6.20 Å². The second-order valence-corrected chi connectivity index (χ2v) is 5.13. The predicted molar refractivity (Wildman–Crippen MR) is 78.6 cm³/mol. The van der Waals surface area contributed by atoms with Crippen LogP contribution in [-0.4, -0.2) is 29.9 Å². The Bertz CT molecular complexity index is 738. The molecule has 1 aliphatic rings. The second kappa shape index (κ2) is 5.37. The van der Waals surface area contributed by atoms with Gasteiger partial charge in [0, 0.05) is 24.8 Å². The first-order valence-electron chi connectivity index (χ1n) is 6.93. The highest BCUT2D eigenvalue weighted by molar-refractivity contribution is 5.91. The van der Waals surface area contributed by atoms with E-state index in [1.165, 1.54) is 19.2 Å². The number of anilines is 1. The number of aliphatic hydroxyl groups is 1. The summed E-state index contributed by atoms with van der Waals surface area (Å²) in [5.74, 6) is -0.249. The number of ether oxygens (including phenoxy) is 1. The van der Waals surface area contributed by atoms with Gasteiger partial charge in [0.15, 0.2) is 17.0 Å². The number of fused-ring (bicyclic) bond motifs is 1. The summed E-state index contributed by atoms with van der Waals surface area (Å²) in [7, 11) is 1.45. The number of rotatable bonds is 5. The Hall–Kier alpha value is -2.08. The smallest absolute Gasteiger partial charge is 0.189 e. The molecule has 21 heavy (non-hydrogen) atoms. The molecule has 2 aromatic rings. The standard InChI is InChI=1S/C15H17FN2O3/c1-21-15-13(17-5-7-19)11(16)8-10-12(20)4-6-18(14(10)15)9-2-3-9/h4,6,8-9,17,19H,2-3,5,7H2,1H3. The summed E-state index contributed by atoms with van der Waals surface area (Å²) in [5.41, 5.74) is 0.557. The van der Waals surface area contributed by atoms with Crippen LogP contribution < -0.4 is 15.5 Å². The van der Waals surface area contributed by atoms with E-state index in [0.717, 1.165) is 12.8 Å². The average molecular weight is 292 g/mol. The molecule has 1 aromatic carbocycles. The summed E-state index contributed by atoms with van der Waals surface area (Å²) in [5, 5.41) is 12.0. The van der Waals surface area contributed by atoms with Crippen LogP contribution in [0.2, 0.25) is 0 Å². The van der Waals surface area contributed by atoms with Crippen molar-refractivity contribution in [3.05, 3.63) is 34.4 Å². The summed E-state index contributed by atoms with van der Waals surface area (Å²) >= 11 is 0. The van der Waals surface area contributed by atoms with Crippen molar-refractivity contribution < 1.29 is 14.2 Å². The number of nitrogens with zero attached hydrogens (tertiary/aromatic N) is 1. The van der Waals surface area contributed by atoms with Gasteiger partial charge in [-0.3, -0.25) is 4.79 Å². The van der Waals surface area contributed by atoms with Gasteiger partial charge in [0.25, 0.3) is 0 Å². The van der Waals surface area contributed by atoms with Crippen LogP contribution in [0.25, 0.3) is 10.9 Å². The van der Waals surface area contributed by atoms with Crippen LogP contribution in [-0.2, 0) is 0 Å². The normalized spacial score (nSPS) is 14.4. The molecule has 0 saturated heterocycles. The number of pyridine rings is 1. The van der Waals surface area contributed by atoms with Gasteiger partial charge in [0.2, 0.25) is 0 Å². The Morgan fingerprint density at radius 1 is 1.52 bits per heavy atom. The van der Waals surface area contributed by atoms with E-state index in [9.17, 15) is 9.18 Å². The molecule has 0 aliphatic heterocycles. The first-order valence-corrected chi connectivity index (χ1v) is 6.93. The Balaban J connectivity index is 2.31. The van der Waals surface area contributed by atoms with Crippen LogP contribution >= 0.6 is 0 Å². The van der Waals surface area contributed by atoms with E-state index in [-0.39, 0.29) is 24.3 Å². The lowest BCUT2D eigenvalue weighted by Crippen LogP contribution is -2.13. The van der Waals surface area contributed by atoms with Crippen molar-refractivity contribution in [2.45, 2.75) is 18.9 Å². The van der Waals surface area contributed by atoms with Gasteiger partial charge < -0.3 is 19.7 Å². The first kappa shape index (κ1) is 13.9. The van der Waals surface area contributed by atoms with Crippen molar-refractivity contribution in [3.8, 4) is 5.75 Å². The molecule has 1 aromatic heterocycles. The van der Waals surface area contributed by atoms with Crippen LogP contribution in [0.1, 0.15) is 18.9 Å². The third-order valence-electron chi connectivity index (χ3n) is 3.68. The fourth-order valence-electron chi connectivity index (χ4n) is 2.57. The maximum Gasteiger partial charge on any atom is 0.189 e. The molecule has 0 amide bonds. The summed E-state index contributed by atoms with van der Waals surface area (Å²) in [6, 6.07) is 3.03. The van der Waals surface area contributed by atoms with Gasteiger partial charge in [0.05, 0.1) is 24.6 Å². The molecule has 3 rings (SSSR count). The molecular formula is C15H17FN2O3. The number of hydrogen-bond acceptors (Lipinski definition) is 4. The molecular weight excluding hydrogens is 275 g/mol. The van der Waals surface area contributed by atoms with Crippen LogP contribution in [0, 0.1) is 5.82 Å². The molecule has 2 N–H and O–H groups in total. The van der Waals surface area contributed by atoms with Crippen molar-refractivity contribution in [1.82, 2.24) is 4.57 Å². The molecule has 1 fully saturated rings. The van der Waals surface area contributed by atoms with E-state index in [1.807, 2.05) is 4.57 Å². The zero-order chi connectivity index (χ0) is 15.0. The van der Waals surface area contributed by atoms with Crippen molar-refractivity contribution in [1.29, 1.82) is 0 Å². The summed E-state index contributed by atoms with van der Waals surface area (Å²) in [6.45, 7) is 0.0874. The summed E-state index contributed by atoms with van der Waals surface area (Å²) in [4.78, 5) is 12.0. The number of aliphatic hydroxyl groups excluding tert-OH is 1. The van der Waals surface area contributed by atoms with E-state index in [4.69, 9.17) is 9.84 Å². The first-order chi connectivity index (χ1) is 10.2. The molecule has 0 radical (unpaired) electrons. The van der Waals surface area contributed by atoms with Crippen molar-refractivity contribution in [2.75, 3.05) is 25.6 Å². The average Bonchev–Trinajstić information content (AvgIpc) is 3.30. The maximum absolute atomic E-state index is 14.2. The number of hydrogen-bond donors (Lipinski definition) is 2. The molecule has 6 heteroatoms. The fraction of sp³-hybridized carbons (Fsp3) is 0.400. The van der Waals surface area contributed by atoms with Crippen molar-refractivity contribution >= 4 is 16.6 Å². The van der Waals surface area contributed by atoms with Gasteiger partial charge in [-0.2, -0.15) is 0 Å². The highest BCUT2D eigenvalue weighted by atomic mass is 19.1. The number of nitrogens with one attached hydrogen (secondary N) is 1. The van der Waals surface area contributed by atoms with Gasteiger partial charge in [-0.05, 0) is 18.9 Å². The minimum atomic E-state index is -0.557. The topological polar surface area (TPSA) is 63.5 Å². The number of methoxy groups -OCH3 is 1. The van der Waals surface area contributed by atoms with E-state index in [2.05, 4.69) is 5.32 Å². The molecule has 1 heterocycles. The maximum atomic E-state index is 14.2. The highest BCUT2D eigenvalue weighted by Crippen LogP contribution is 2.41. The van der Waals surface area contributed by atoms with E-state index < -0.39 is 5.82 Å². The number of halogens is 1. The van der Waals surface area contributed by atoms with Crippen LogP contribution in [0.5, 0.6) is 5.75 Å². The van der Waals surface area contributed by atoms with Crippen LogP contribution in [0.15, 0.2) is 23.1 Å². The van der Waals surface area contributed by atoms with E-state index >= 15 is 0 Å². The summed E-state index contributed by atoms with van der Waals surface area (Å²) < 4.78 is 21.6. The Kier molecular flexibility index (Phi) is 3.55. The molecule has 5 nitrogen and oxygen atoms in total. The van der Waals surface area contributed by atoms with E-state index in [0.29, 0.717) is 22.7 Å². The Morgan fingerprint density at radius 3 is 2.90 bits per heavy atom. The van der Waals surface area contributed by atoms with Gasteiger partial charge in [-0.1, -0.05) is 0 Å². The fourth-order valence-corrected chi connectivity index (χ4v) is 2.57. The molecule has 1 aliphatic carbocycles. The second-order valence-electron chi connectivity index (χ2n) is 5.13. The number of benzene rings is 1. The lowest BCUT2D eigenvalue weighted by molar-refractivity contribution is 0.310. The monoisotopic (exact) mass is 292 g/mol. The quantitative estimate of drug-likeness (QED) is 0.883. The molecule has 0 spiro atoms. The lowest BCUT2D eigenvalue weighted by Gasteiger charge is -2.17. The molecule has 0 unspecified atom stereocenters. The Morgan fingerprint density at radius 2 is 2.29 bits per heavy atom. The van der Waals surface area contributed by atoms with Gasteiger partial charge in [-0.25, -0.2) is 4.39 Å². The molecule has 112 valence electrons. The van der Waals surface area contributed by atoms with Crippen molar-refractivity contribution in [3.63, 3.8) is 0 Å². The lowest BCUT2D eigenvalue weighted by atomic mass is 10.1. The Labute approximate surface area is 121 Å². The third kappa shape index (κ3) is 2.35. The van der Waals surface area contributed by atoms with Gasteiger partial charge >= 0.3 is 0 Å².